The summed E-state index contributed by atoms with van der Waals surface area (Å²) in [5.41, 5.74) is 0.837. The van der Waals surface area contributed by atoms with Gasteiger partial charge in [0.25, 0.3) is 5.91 Å². The van der Waals surface area contributed by atoms with E-state index in [4.69, 9.17) is 21.7 Å². The first-order valence-corrected chi connectivity index (χ1v) is 12.0. The Morgan fingerprint density at radius 1 is 1.26 bits per heavy atom. The van der Waals surface area contributed by atoms with Gasteiger partial charge in [-0.1, -0.05) is 37.0 Å². The Hall–Kier alpha value is -2.06. The van der Waals surface area contributed by atoms with Gasteiger partial charge in [-0.15, -0.1) is 0 Å². The van der Waals surface area contributed by atoms with Crippen LogP contribution in [-0.4, -0.2) is 59.3 Å². The maximum atomic E-state index is 12.9. The molecule has 6 nitrogen and oxygen atoms in total. The van der Waals surface area contributed by atoms with Crippen LogP contribution in [-0.2, 0) is 9.59 Å². The molecule has 3 rings (SSSR count). The molecule has 8 heteroatoms. The lowest BCUT2D eigenvalue weighted by molar-refractivity contribution is -0.135. The minimum Gasteiger partial charge on any atom is -0.493 e. The summed E-state index contributed by atoms with van der Waals surface area (Å²) in [4.78, 5) is 29.8. The minimum absolute atomic E-state index is 0.110. The number of likely N-dealkylation sites (tertiary alicyclic amines) is 1. The minimum atomic E-state index is -0.110. The fourth-order valence-electron chi connectivity index (χ4n) is 4.07. The lowest BCUT2D eigenvalue weighted by atomic mass is 9.99. The lowest BCUT2D eigenvalue weighted by Crippen LogP contribution is -2.43. The number of hydrogen-bond acceptors (Lipinski definition) is 6. The number of carbonyl (C=O) groups excluding carboxylic acids is 2. The van der Waals surface area contributed by atoms with E-state index >= 15 is 0 Å². The summed E-state index contributed by atoms with van der Waals surface area (Å²) in [5, 5.41) is 0. The van der Waals surface area contributed by atoms with Gasteiger partial charge in [0.2, 0.25) is 5.91 Å². The number of benzene rings is 1. The van der Waals surface area contributed by atoms with Crippen LogP contribution in [0.15, 0.2) is 23.1 Å². The number of hydrogen-bond donors (Lipinski definition) is 0. The predicted octanol–water partition coefficient (Wildman–Crippen LogP) is 4.48. The van der Waals surface area contributed by atoms with E-state index in [1.165, 1.54) is 18.2 Å². The number of ether oxygens (including phenoxy) is 2. The highest BCUT2D eigenvalue weighted by molar-refractivity contribution is 8.26. The largest absolute Gasteiger partial charge is 0.493 e. The summed E-state index contributed by atoms with van der Waals surface area (Å²) in [6.45, 7) is 3.46. The van der Waals surface area contributed by atoms with Gasteiger partial charge in [-0.3, -0.25) is 14.5 Å². The van der Waals surface area contributed by atoms with Crippen LogP contribution in [0, 0.1) is 0 Å². The van der Waals surface area contributed by atoms with Gasteiger partial charge in [-0.25, -0.2) is 0 Å². The number of thiocarbonyl (C=S) groups is 1. The molecule has 2 aliphatic rings. The molecule has 0 bridgehead atoms. The summed E-state index contributed by atoms with van der Waals surface area (Å²) < 4.78 is 11.1. The molecule has 2 heterocycles. The second-order valence-electron chi connectivity index (χ2n) is 7.70. The van der Waals surface area contributed by atoms with E-state index < -0.39 is 0 Å². The zero-order chi connectivity index (χ0) is 22.4. The van der Waals surface area contributed by atoms with Crippen LogP contribution in [0.25, 0.3) is 6.08 Å². The van der Waals surface area contributed by atoms with E-state index in [1.54, 1.807) is 25.2 Å². The maximum absolute atomic E-state index is 12.9. The third-order valence-corrected chi connectivity index (χ3v) is 7.15. The molecule has 1 atom stereocenters. The maximum Gasteiger partial charge on any atom is 0.266 e. The number of rotatable bonds is 8. The predicted molar refractivity (Wildman–Crippen MR) is 128 cm³/mol. The molecular weight excluding hydrogens is 432 g/mol. The number of amides is 2. The van der Waals surface area contributed by atoms with Crippen molar-refractivity contribution in [3.8, 4) is 11.5 Å². The molecule has 0 saturated carbocycles. The van der Waals surface area contributed by atoms with Gasteiger partial charge in [0.1, 0.15) is 4.32 Å². The highest BCUT2D eigenvalue weighted by atomic mass is 32.2. The molecule has 31 heavy (non-hydrogen) atoms. The fourth-order valence-corrected chi connectivity index (χ4v) is 5.38. The van der Waals surface area contributed by atoms with Crippen molar-refractivity contribution in [2.45, 2.75) is 51.5 Å². The van der Waals surface area contributed by atoms with Crippen LogP contribution in [0.3, 0.4) is 0 Å². The van der Waals surface area contributed by atoms with Gasteiger partial charge >= 0.3 is 0 Å². The van der Waals surface area contributed by atoms with E-state index in [2.05, 4.69) is 6.92 Å². The molecule has 0 N–H and O–H groups in total. The molecule has 1 aromatic rings. The average Bonchev–Trinajstić information content (AvgIpc) is 3.06. The van der Waals surface area contributed by atoms with E-state index in [0.717, 1.165) is 31.4 Å². The van der Waals surface area contributed by atoms with Crippen LogP contribution in [0.5, 0.6) is 11.5 Å². The highest BCUT2D eigenvalue weighted by Crippen LogP contribution is 2.35. The first kappa shape index (κ1) is 23.6. The van der Waals surface area contributed by atoms with Crippen molar-refractivity contribution in [3.05, 3.63) is 28.7 Å². The zero-order valence-electron chi connectivity index (χ0n) is 18.4. The SMILES string of the molecule is CC[C@@H]1CCCCN1C(=O)CCCN1C(=O)/C(=C/c2ccc(OC)c(OC)c2)SC1=S. The summed E-state index contributed by atoms with van der Waals surface area (Å²) in [7, 11) is 3.16. The van der Waals surface area contributed by atoms with Gasteiger partial charge < -0.3 is 14.4 Å². The smallest absolute Gasteiger partial charge is 0.266 e. The van der Waals surface area contributed by atoms with Gasteiger partial charge in [0, 0.05) is 25.6 Å². The molecular formula is C23H30N2O4S2. The first-order valence-electron chi connectivity index (χ1n) is 10.7. The molecule has 2 fully saturated rings. The molecule has 0 spiro atoms. The van der Waals surface area contributed by atoms with Gasteiger partial charge in [0.05, 0.1) is 19.1 Å². The van der Waals surface area contributed by atoms with E-state index in [9.17, 15) is 9.59 Å². The second-order valence-corrected chi connectivity index (χ2v) is 9.37. The van der Waals surface area contributed by atoms with Crippen LogP contribution >= 0.6 is 24.0 Å². The molecule has 0 unspecified atom stereocenters. The van der Waals surface area contributed by atoms with Crippen LogP contribution in [0.2, 0.25) is 0 Å². The van der Waals surface area contributed by atoms with Crippen molar-refractivity contribution in [1.29, 1.82) is 0 Å². The molecule has 168 valence electrons. The summed E-state index contributed by atoms with van der Waals surface area (Å²) in [6.07, 6.45) is 7.25. The molecule has 2 amide bonds. The topological polar surface area (TPSA) is 59.1 Å². The van der Waals surface area contributed by atoms with Crippen molar-refractivity contribution in [3.63, 3.8) is 0 Å². The third kappa shape index (κ3) is 5.60. The fraction of sp³-hybridized carbons (Fsp3) is 0.522. The molecule has 0 aromatic heterocycles. The Bertz CT molecular complexity index is 871. The van der Waals surface area contributed by atoms with Gasteiger partial charge in [-0.2, -0.15) is 0 Å². The molecule has 1 aromatic carbocycles. The Balaban J connectivity index is 1.59. The molecule has 2 aliphatic heterocycles. The van der Waals surface area contributed by atoms with E-state index in [-0.39, 0.29) is 11.8 Å². The average molecular weight is 463 g/mol. The molecule has 0 aliphatic carbocycles. The van der Waals surface area contributed by atoms with Crippen molar-refractivity contribution >= 4 is 46.2 Å². The van der Waals surface area contributed by atoms with E-state index in [1.807, 2.05) is 23.1 Å². The van der Waals surface area contributed by atoms with Crippen molar-refractivity contribution < 1.29 is 19.1 Å². The highest BCUT2D eigenvalue weighted by Gasteiger charge is 2.32. The number of carbonyl (C=O) groups is 2. The Morgan fingerprint density at radius 3 is 2.74 bits per heavy atom. The Morgan fingerprint density at radius 2 is 2.03 bits per heavy atom. The third-order valence-electron chi connectivity index (χ3n) is 5.77. The molecule has 2 saturated heterocycles. The van der Waals surface area contributed by atoms with E-state index in [0.29, 0.717) is 46.2 Å². The summed E-state index contributed by atoms with van der Waals surface area (Å²) in [6, 6.07) is 5.87. The number of methoxy groups -OCH3 is 2. The van der Waals surface area contributed by atoms with Crippen LogP contribution < -0.4 is 9.47 Å². The first-order chi connectivity index (χ1) is 15.0. The van der Waals surface area contributed by atoms with Crippen molar-refractivity contribution in [2.24, 2.45) is 0 Å². The number of thioether (sulfide) groups is 1. The summed E-state index contributed by atoms with van der Waals surface area (Å²) in [5.74, 6) is 1.32. The lowest BCUT2D eigenvalue weighted by Gasteiger charge is -2.35. The van der Waals surface area contributed by atoms with Crippen LogP contribution in [0.1, 0.15) is 51.0 Å². The quantitative estimate of drug-likeness (QED) is 0.419. The standard InChI is InChI=1S/C23H30N2O4S2/c1-4-17-8-5-6-12-24(17)21(26)9-7-13-25-22(27)20(31-23(25)30)15-16-10-11-18(28-2)19(14-16)29-3/h10-11,14-15,17H,4-9,12-13H2,1-3H3/b20-15-/t17-/m1/s1. The second kappa shape index (κ2) is 11.0. The Kier molecular flexibility index (Phi) is 8.37. The number of piperidine rings is 1. The summed E-state index contributed by atoms with van der Waals surface area (Å²) >= 11 is 6.72. The zero-order valence-corrected chi connectivity index (χ0v) is 20.0. The van der Waals surface area contributed by atoms with Gasteiger partial charge in [0.15, 0.2) is 11.5 Å². The number of nitrogens with zero attached hydrogens (tertiary/aromatic N) is 2. The Labute approximate surface area is 193 Å². The molecule has 0 radical (unpaired) electrons. The van der Waals surface area contributed by atoms with Crippen molar-refractivity contribution in [1.82, 2.24) is 9.80 Å². The monoisotopic (exact) mass is 462 g/mol. The van der Waals surface area contributed by atoms with Crippen LogP contribution in [0.4, 0.5) is 0 Å². The van der Waals surface area contributed by atoms with Crippen molar-refractivity contribution in [2.75, 3.05) is 27.3 Å². The van der Waals surface area contributed by atoms with Gasteiger partial charge in [-0.05, 0) is 55.9 Å². The normalized spacial score (nSPS) is 20.5.